The molecule has 0 bridgehead atoms. The number of aliphatic hydroxyl groups excluding tert-OH is 1. The maximum absolute atomic E-state index is 13.3. The van der Waals surface area contributed by atoms with E-state index in [-0.39, 0.29) is 30.2 Å². The second-order valence-corrected chi connectivity index (χ2v) is 4.55. The van der Waals surface area contributed by atoms with Crippen LogP contribution in [0.4, 0.5) is 4.39 Å². The number of halogens is 1. The fraction of sp³-hybridized carbons (Fsp3) is 0.385. The highest BCUT2D eigenvalue weighted by Gasteiger charge is 2.28. The van der Waals surface area contributed by atoms with Crippen molar-refractivity contribution in [1.82, 2.24) is 10.6 Å². The minimum absolute atomic E-state index is 0.0344. The molecule has 1 fully saturated rings. The first-order valence-corrected chi connectivity index (χ1v) is 6.06. The normalized spacial score (nSPS) is 21.4. The van der Waals surface area contributed by atoms with Gasteiger partial charge in [-0.15, -0.1) is 0 Å². The van der Waals surface area contributed by atoms with Crippen molar-refractivity contribution in [2.24, 2.45) is 0 Å². The van der Waals surface area contributed by atoms with E-state index in [2.05, 4.69) is 10.6 Å². The third-order valence-corrected chi connectivity index (χ3v) is 3.01. The van der Waals surface area contributed by atoms with Crippen LogP contribution in [0.3, 0.4) is 0 Å². The first-order valence-electron chi connectivity index (χ1n) is 6.06. The molecule has 0 spiro atoms. The number of hydrogen-bond donors (Lipinski definition) is 3. The number of nitrogens with one attached hydrogen (secondary N) is 2. The van der Waals surface area contributed by atoms with E-state index in [9.17, 15) is 14.0 Å². The Morgan fingerprint density at radius 3 is 2.63 bits per heavy atom. The molecule has 1 aromatic rings. The molecule has 1 saturated carbocycles. The molecule has 0 radical (unpaired) electrons. The van der Waals surface area contributed by atoms with Gasteiger partial charge in [-0.05, 0) is 25.0 Å². The van der Waals surface area contributed by atoms with Crippen LogP contribution in [0.15, 0.2) is 24.3 Å². The van der Waals surface area contributed by atoms with Crippen molar-refractivity contribution < 1.29 is 19.1 Å². The third-order valence-electron chi connectivity index (χ3n) is 3.01. The van der Waals surface area contributed by atoms with Gasteiger partial charge in [-0.2, -0.15) is 0 Å². The summed E-state index contributed by atoms with van der Waals surface area (Å²) in [7, 11) is 0. The van der Waals surface area contributed by atoms with Crippen LogP contribution in [-0.2, 0) is 4.79 Å². The van der Waals surface area contributed by atoms with Crippen molar-refractivity contribution >= 4 is 11.8 Å². The standard InChI is InChI=1S/C13H15FN2O3/c14-11-4-2-1-3-10(11)13(19)15-7-12(18)16-8-5-9(17)6-8/h1-4,8-9,17H,5-7H2,(H,15,19)(H,16,18). The Hall–Kier alpha value is -1.95. The van der Waals surface area contributed by atoms with Crippen molar-refractivity contribution in [2.45, 2.75) is 25.0 Å². The van der Waals surface area contributed by atoms with E-state index in [1.807, 2.05) is 0 Å². The SMILES string of the molecule is O=C(CNC(=O)c1ccccc1F)NC1CC(O)C1. The highest BCUT2D eigenvalue weighted by molar-refractivity contribution is 5.96. The van der Waals surface area contributed by atoms with E-state index in [1.54, 1.807) is 6.07 Å². The summed E-state index contributed by atoms with van der Waals surface area (Å²) < 4.78 is 13.3. The lowest BCUT2D eigenvalue weighted by molar-refractivity contribution is -0.122. The molecule has 3 N–H and O–H groups in total. The van der Waals surface area contributed by atoms with Gasteiger partial charge in [0.2, 0.25) is 5.91 Å². The topological polar surface area (TPSA) is 78.4 Å². The molecule has 2 rings (SSSR count). The molecule has 0 atom stereocenters. The lowest BCUT2D eigenvalue weighted by atomic mass is 9.89. The van der Waals surface area contributed by atoms with E-state index in [0.717, 1.165) is 0 Å². The summed E-state index contributed by atoms with van der Waals surface area (Å²) in [5.41, 5.74) is -0.0885. The van der Waals surface area contributed by atoms with Gasteiger partial charge in [0.05, 0.1) is 18.2 Å². The molecule has 0 aliphatic heterocycles. The zero-order chi connectivity index (χ0) is 13.8. The molecule has 1 aliphatic rings. The van der Waals surface area contributed by atoms with Gasteiger partial charge in [-0.25, -0.2) is 4.39 Å². The van der Waals surface area contributed by atoms with Gasteiger partial charge < -0.3 is 15.7 Å². The maximum Gasteiger partial charge on any atom is 0.254 e. The van der Waals surface area contributed by atoms with E-state index < -0.39 is 11.7 Å². The fourth-order valence-electron chi connectivity index (χ4n) is 1.89. The molecular formula is C13H15FN2O3. The number of carbonyl (C=O) groups excluding carboxylic acids is 2. The third kappa shape index (κ3) is 3.51. The minimum Gasteiger partial charge on any atom is -0.393 e. The molecule has 0 unspecified atom stereocenters. The number of hydrogen-bond acceptors (Lipinski definition) is 3. The predicted molar refractivity (Wildman–Crippen MR) is 65.9 cm³/mol. The largest absolute Gasteiger partial charge is 0.393 e. The van der Waals surface area contributed by atoms with Crippen molar-refractivity contribution in [3.05, 3.63) is 35.6 Å². The van der Waals surface area contributed by atoms with Gasteiger partial charge in [0, 0.05) is 6.04 Å². The van der Waals surface area contributed by atoms with E-state index in [1.165, 1.54) is 18.2 Å². The minimum atomic E-state index is -0.623. The van der Waals surface area contributed by atoms with Crippen molar-refractivity contribution in [3.63, 3.8) is 0 Å². The molecule has 0 heterocycles. The van der Waals surface area contributed by atoms with Crippen LogP contribution in [0.25, 0.3) is 0 Å². The summed E-state index contributed by atoms with van der Waals surface area (Å²) in [6.45, 7) is -0.209. The second-order valence-electron chi connectivity index (χ2n) is 4.55. The molecular weight excluding hydrogens is 251 g/mol. The molecule has 1 aromatic carbocycles. The van der Waals surface area contributed by atoms with E-state index in [0.29, 0.717) is 12.8 Å². The maximum atomic E-state index is 13.3. The molecule has 2 amide bonds. The lowest BCUT2D eigenvalue weighted by Crippen LogP contribution is -2.49. The summed E-state index contributed by atoms with van der Waals surface area (Å²) in [5, 5.41) is 14.1. The number of benzene rings is 1. The number of carbonyl (C=O) groups is 2. The van der Waals surface area contributed by atoms with Crippen LogP contribution in [0.5, 0.6) is 0 Å². The van der Waals surface area contributed by atoms with Gasteiger partial charge in [-0.1, -0.05) is 12.1 Å². The molecule has 102 valence electrons. The Labute approximate surface area is 109 Å². The Kier molecular flexibility index (Phi) is 4.11. The van der Waals surface area contributed by atoms with Gasteiger partial charge in [0.1, 0.15) is 5.82 Å². The quantitative estimate of drug-likeness (QED) is 0.728. The second kappa shape index (κ2) is 5.79. The zero-order valence-corrected chi connectivity index (χ0v) is 10.2. The number of aliphatic hydroxyl groups is 1. The molecule has 5 nitrogen and oxygen atoms in total. The lowest BCUT2D eigenvalue weighted by Gasteiger charge is -2.31. The summed E-state index contributed by atoms with van der Waals surface area (Å²) in [6, 6.07) is 5.54. The Balaban J connectivity index is 1.77. The summed E-state index contributed by atoms with van der Waals surface area (Å²) in [4.78, 5) is 23.1. The average Bonchev–Trinajstić information content (AvgIpc) is 2.35. The Bertz CT molecular complexity index is 487. The smallest absolute Gasteiger partial charge is 0.254 e. The molecule has 0 saturated heterocycles. The van der Waals surface area contributed by atoms with E-state index >= 15 is 0 Å². The number of amides is 2. The number of rotatable bonds is 4. The van der Waals surface area contributed by atoms with Crippen molar-refractivity contribution in [3.8, 4) is 0 Å². The fourth-order valence-corrected chi connectivity index (χ4v) is 1.89. The van der Waals surface area contributed by atoms with Crippen LogP contribution in [0, 0.1) is 5.82 Å². The molecule has 6 heteroatoms. The van der Waals surface area contributed by atoms with Crippen LogP contribution in [0.1, 0.15) is 23.2 Å². The van der Waals surface area contributed by atoms with Gasteiger partial charge in [-0.3, -0.25) is 9.59 Å². The van der Waals surface area contributed by atoms with Gasteiger partial charge in [0.15, 0.2) is 0 Å². The highest BCUT2D eigenvalue weighted by Crippen LogP contribution is 2.18. The zero-order valence-electron chi connectivity index (χ0n) is 10.2. The van der Waals surface area contributed by atoms with Crippen molar-refractivity contribution in [2.75, 3.05) is 6.54 Å². The van der Waals surface area contributed by atoms with Gasteiger partial charge in [0.25, 0.3) is 5.91 Å². The summed E-state index contributed by atoms with van der Waals surface area (Å²) >= 11 is 0. The monoisotopic (exact) mass is 266 g/mol. The van der Waals surface area contributed by atoms with Crippen LogP contribution < -0.4 is 10.6 Å². The first kappa shape index (κ1) is 13.5. The van der Waals surface area contributed by atoms with Crippen molar-refractivity contribution in [1.29, 1.82) is 0 Å². The molecule has 1 aliphatic carbocycles. The van der Waals surface area contributed by atoms with Crippen LogP contribution in [-0.4, -0.2) is 35.6 Å². The van der Waals surface area contributed by atoms with Crippen LogP contribution >= 0.6 is 0 Å². The summed E-state index contributed by atoms with van der Waals surface area (Å²) in [5.74, 6) is -1.59. The Morgan fingerprint density at radius 1 is 1.32 bits per heavy atom. The Morgan fingerprint density at radius 2 is 2.00 bits per heavy atom. The first-order chi connectivity index (χ1) is 9.06. The summed E-state index contributed by atoms with van der Waals surface area (Å²) in [6.07, 6.45) is 0.721. The molecule has 0 aromatic heterocycles. The molecule has 19 heavy (non-hydrogen) atoms. The van der Waals surface area contributed by atoms with E-state index in [4.69, 9.17) is 5.11 Å². The predicted octanol–water partition coefficient (Wildman–Crippen LogP) is 0.195. The van der Waals surface area contributed by atoms with Gasteiger partial charge >= 0.3 is 0 Å². The highest BCUT2D eigenvalue weighted by atomic mass is 19.1. The average molecular weight is 266 g/mol. The van der Waals surface area contributed by atoms with Crippen LogP contribution in [0.2, 0.25) is 0 Å².